The number of hydroxylamine groups is 1. The van der Waals surface area contributed by atoms with E-state index in [2.05, 4.69) is 9.82 Å². The lowest BCUT2D eigenvalue weighted by molar-refractivity contribution is -0.144. The third-order valence-corrected chi connectivity index (χ3v) is 1.66. The van der Waals surface area contributed by atoms with Crippen molar-refractivity contribution in [1.82, 2.24) is 10.5 Å². The number of hydrogen-bond acceptors (Lipinski definition) is 4. The van der Waals surface area contributed by atoms with Gasteiger partial charge in [-0.2, -0.15) is 0 Å². The van der Waals surface area contributed by atoms with E-state index in [1.165, 1.54) is 12.3 Å². The number of rotatable bonds is 4. The lowest BCUT2D eigenvalue weighted by Crippen LogP contribution is -2.30. The van der Waals surface area contributed by atoms with E-state index in [1.54, 1.807) is 6.92 Å². The number of amides is 1. The van der Waals surface area contributed by atoms with Gasteiger partial charge in [-0.3, -0.25) is 14.4 Å². The molecule has 0 aliphatic carbocycles. The van der Waals surface area contributed by atoms with Gasteiger partial charge in [0.25, 0.3) is 5.91 Å². The Labute approximate surface area is 90.0 Å². The lowest BCUT2D eigenvalue weighted by Gasteiger charge is -2.03. The molecule has 0 aromatic carbocycles. The Bertz CT molecular complexity index is 465. The summed E-state index contributed by atoms with van der Waals surface area (Å²) in [5.41, 5.74) is 1.86. The molecule has 7 nitrogen and oxygen atoms in total. The summed E-state index contributed by atoms with van der Waals surface area (Å²) in [6.45, 7) is 1.000. The first kappa shape index (κ1) is 11.9. The molecule has 1 amide bonds. The number of aromatic nitrogens is 1. The number of carboxylic acids is 1. The minimum absolute atomic E-state index is 0.143. The van der Waals surface area contributed by atoms with Gasteiger partial charge in [-0.1, -0.05) is 0 Å². The van der Waals surface area contributed by atoms with E-state index in [9.17, 15) is 14.4 Å². The van der Waals surface area contributed by atoms with Gasteiger partial charge < -0.3 is 10.1 Å². The molecule has 1 aromatic heterocycles. The van der Waals surface area contributed by atoms with Crippen molar-refractivity contribution in [2.45, 2.75) is 6.92 Å². The van der Waals surface area contributed by atoms with Gasteiger partial charge >= 0.3 is 5.97 Å². The Kier molecular flexibility index (Phi) is 3.78. The summed E-state index contributed by atoms with van der Waals surface area (Å²) in [6.07, 6.45) is 1.23. The number of H-pyrrole nitrogens is 1. The molecule has 0 saturated carbocycles. The van der Waals surface area contributed by atoms with E-state index < -0.39 is 23.9 Å². The summed E-state index contributed by atoms with van der Waals surface area (Å²) in [5, 5.41) is 8.24. The van der Waals surface area contributed by atoms with E-state index in [-0.39, 0.29) is 5.56 Å². The van der Waals surface area contributed by atoms with Gasteiger partial charge in [0.1, 0.15) is 5.56 Å². The molecule has 0 bridgehead atoms. The molecular formula is C9H10N2O5. The van der Waals surface area contributed by atoms with Crippen LogP contribution in [-0.2, 0) is 9.63 Å². The second-order valence-corrected chi connectivity index (χ2v) is 3.01. The van der Waals surface area contributed by atoms with Crippen molar-refractivity contribution in [3.05, 3.63) is 33.7 Å². The van der Waals surface area contributed by atoms with Crippen LogP contribution in [0.3, 0.4) is 0 Å². The SMILES string of the molecule is Cc1cc(=O)c(C(=O)NOCC(=O)O)c[nH]1. The number of aryl methyl sites for hydroxylation is 1. The third kappa shape index (κ3) is 3.21. The Morgan fingerprint density at radius 2 is 2.25 bits per heavy atom. The summed E-state index contributed by atoms with van der Waals surface area (Å²) in [5.74, 6) is -2.01. The molecular weight excluding hydrogens is 216 g/mol. The van der Waals surface area contributed by atoms with Crippen molar-refractivity contribution in [3.63, 3.8) is 0 Å². The molecule has 0 aliphatic rings. The molecule has 0 unspecified atom stereocenters. The summed E-state index contributed by atoms with van der Waals surface area (Å²) in [6, 6.07) is 1.26. The maximum atomic E-state index is 11.3. The number of carbonyl (C=O) groups excluding carboxylic acids is 1. The van der Waals surface area contributed by atoms with Gasteiger partial charge in [-0.05, 0) is 6.92 Å². The maximum Gasteiger partial charge on any atom is 0.332 e. The standard InChI is InChI=1S/C9H10N2O5/c1-5-2-7(12)6(3-10-5)9(15)11-16-4-8(13)14/h2-3H,4H2,1H3,(H,10,12)(H,11,15)(H,13,14). The number of carboxylic acid groups (broad SMARTS) is 1. The minimum Gasteiger partial charge on any atom is -0.479 e. The molecule has 0 spiro atoms. The van der Waals surface area contributed by atoms with E-state index in [0.717, 1.165) is 0 Å². The van der Waals surface area contributed by atoms with Crippen molar-refractivity contribution in [3.8, 4) is 0 Å². The molecule has 0 fully saturated rings. The van der Waals surface area contributed by atoms with E-state index in [4.69, 9.17) is 5.11 Å². The van der Waals surface area contributed by atoms with Crippen LogP contribution in [0, 0.1) is 6.92 Å². The van der Waals surface area contributed by atoms with Crippen LogP contribution < -0.4 is 10.9 Å². The molecule has 3 N–H and O–H groups in total. The van der Waals surface area contributed by atoms with Crippen LogP contribution in [-0.4, -0.2) is 28.6 Å². The molecule has 1 rings (SSSR count). The summed E-state index contributed by atoms with van der Waals surface area (Å²) in [4.78, 5) is 39.8. The van der Waals surface area contributed by atoms with Gasteiger partial charge in [0, 0.05) is 18.0 Å². The van der Waals surface area contributed by atoms with Crippen molar-refractivity contribution in [2.24, 2.45) is 0 Å². The number of carbonyl (C=O) groups is 2. The normalized spacial score (nSPS) is 9.81. The number of nitrogens with one attached hydrogen (secondary N) is 2. The Morgan fingerprint density at radius 3 is 2.81 bits per heavy atom. The highest BCUT2D eigenvalue weighted by Crippen LogP contribution is 1.91. The van der Waals surface area contributed by atoms with Crippen molar-refractivity contribution >= 4 is 11.9 Å². The smallest absolute Gasteiger partial charge is 0.332 e. The van der Waals surface area contributed by atoms with Crippen LogP contribution in [0.4, 0.5) is 0 Å². The maximum absolute atomic E-state index is 11.3. The molecule has 7 heteroatoms. The predicted octanol–water partition coefficient (Wildman–Crippen LogP) is -0.571. The van der Waals surface area contributed by atoms with Crippen LogP contribution in [0.15, 0.2) is 17.1 Å². The molecule has 0 saturated heterocycles. The summed E-state index contributed by atoms with van der Waals surface area (Å²) < 4.78 is 0. The molecule has 1 aromatic rings. The highest BCUT2D eigenvalue weighted by atomic mass is 16.7. The second kappa shape index (κ2) is 5.08. The van der Waals surface area contributed by atoms with Crippen molar-refractivity contribution in [2.75, 3.05) is 6.61 Å². The fourth-order valence-corrected chi connectivity index (χ4v) is 0.969. The molecule has 0 radical (unpaired) electrons. The monoisotopic (exact) mass is 226 g/mol. The zero-order valence-corrected chi connectivity index (χ0v) is 8.44. The minimum atomic E-state index is -1.22. The van der Waals surface area contributed by atoms with E-state index >= 15 is 0 Å². The number of hydrogen-bond donors (Lipinski definition) is 3. The third-order valence-electron chi connectivity index (χ3n) is 1.66. The summed E-state index contributed by atoms with van der Waals surface area (Å²) >= 11 is 0. The quantitative estimate of drug-likeness (QED) is 0.596. The lowest BCUT2D eigenvalue weighted by atomic mass is 10.2. The van der Waals surface area contributed by atoms with Crippen molar-refractivity contribution < 1.29 is 19.5 Å². The van der Waals surface area contributed by atoms with Crippen LogP contribution in [0.5, 0.6) is 0 Å². The first-order valence-corrected chi connectivity index (χ1v) is 4.34. The fourth-order valence-electron chi connectivity index (χ4n) is 0.969. The van der Waals surface area contributed by atoms with Gasteiger partial charge in [0.15, 0.2) is 12.0 Å². The fraction of sp³-hybridized carbons (Fsp3) is 0.222. The van der Waals surface area contributed by atoms with Crippen LogP contribution >= 0.6 is 0 Å². The Balaban J connectivity index is 2.66. The zero-order valence-electron chi connectivity index (χ0n) is 8.44. The van der Waals surface area contributed by atoms with Crippen LogP contribution in [0.2, 0.25) is 0 Å². The van der Waals surface area contributed by atoms with Gasteiger partial charge in [0.05, 0.1) is 0 Å². The first-order chi connectivity index (χ1) is 7.50. The Hall–Kier alpha value is -2.15. The molecule has 16 heavy (non-hydrogen) atoms. The topological polar surface area (TPSA) is 108 Å². The highest BCUT2D eigenvalue weighted by Gasteiger charge is 2.10. The molecule has 0 aliphatic heterocycles. The molecule has 1 heterocycles. The largest absolute Gasteiger partial charge is 0.479 e. The van der Waals surface area contributed by atoms with E-state index in [0.29, 0.717) is 5.69 Å². The Morgan fingerprint density at radius 1 is 1.56 bits per heavy atom. The van der Waals surface area contributed by atoms with Crippen LogP contribution in [0.25, 0.3) is 0 Å². The highest BCUT2D eigenvalue weighted by molar-refractivity contribution is 5.93. The summed E-state index contributed by atoms with van der Waals surface area (Å²) in [7, 11) is 0. The first-order valence-electron chi connectivity index (χ1n) is 4.34. The number of aliphatic carboxylic acids is 1. The molecule has 86 valence electrons. The van der Waals surface area contributed by atoms with Gasteiger partial charge in [-0.25, -0.2) is 10.3 Å². The number of aromatic amines is 1. The molecule has 0 atom stereocenters. The van der Waals surface area contributed by atoms with Gasteiger partial charge in [-0.15, -0.1) is 0 Å². The zero-order chi connectivity index (χ0) is 12.1. The predicted molar refractivity (Wildman–Crippen MR) is 52.9 cm³/mol. The average Bonchev–Trinajstić information content (AvgIpc) is 2.16. The number of pyridine rings is 1. The van der Waals surface area contributed by atoms with Crippen molar-refractivity contribution in [1.29, 1.82) is 0 Å². The van der Waals surface area contributed by atoms with E-state index in [1.807, 2.05) is 5.48 Å². The second-order valence-electron chi connectivity index (χ2n) is 3.01. The average molecular weight is 226 g/mol. The van der Waals surface area contributed by atoms with Crippen LogP contribution in [0.1, 0.15) is 16.1 Å². The van der Waals surface area contributed by atoms with Gasteiger partial charge in [0.2, 0.25) is 0 Å².